The Bertz CT molecular complexity index is 1390. The predicted octanol–water partition coefficient (Wildman–Crippen LogP) is 1.75. The van der Waals surface area contributed by atoms with Crippen molar-refractivity contribution >= 4 is 43.6 Å². The number of benzene rings is 1. The molecule has 37 heavy (non-hydrogen) atoms. The molecule has 6 N–H and O–H groups in total. The molecule has 3 aromatic rings. The Morgan fingerprint density at radius 2 is 1.92 bits per heavy atom. The second-order valence-corrected chi connectivity index (χ2v) is 12.7. The number of hydrogen-bond acceptors (Lipinski definition) is 10. The van der Waals surface area contributed by atoms with Gasteiger partial charge in [-0.2, -0.15) is 9.97 Å². The molecule has 1 aromatic carbocycles. The lowest BCUT2D eigenvalue weighted by Gasteiger charge is -2.18. The van der Waals surface area contributed by atoms with Crippen LogP contribution in [0.4, 0.5) is 10.2 Å². The lowest BCUT2D eigenvalue weighted by molar-refractivity contribution is -0.0558. The number of anilines is 1. The molecule has 1 fully saturated rings. The zero-order valence-corrected chi connectivity index (χ0v) is 21.5. The van der Waals surface area contributed by atoms with E-state index in [9.17, 15) is 28.6 Å². The molecule has 0 spiro atoms. The Balaban J connectivity index is 1.54. The lowest BCUT2D eigenvalue weighted by atomic mass is 10.1. The summed E-state index contributed by atoms with van der Waals surface area (Å²) in [7, 11) is -9.56. The minimum atomic E-state index is -4.85. The molecule has 6 atom stereocenters. The second kappa shape index (κ2) is 10.6. The van der Waals surface area contributed by atoms with Crippen molar-refractivity contribution in [1.29, 1.82) is 0 Å². The van der Waals surface area contributed by atoms with E-state index in [4.69, 9.17) is 30.6 Å². The highest BCUT2D eigenvalue weighted by Gasteiger charge is 2.45. The standard InChI is InChI=1S/C19H23ClFN5O9P2/c1-9(10-4-2-3-5-12(10)21)22-16-11-6-26(25-17(11)24-19(20)23-16)18-15(28)14(27)13(35-18)7-34-37(32,33)8-36(29,30)31/h2-6,9,13-15,18,27-28H,7-8H2,1H3,(H,32,33)(H2,29,30,31)(H,22,23,24,25)/t9?,13-,14-,15-,18?/m1/s1. The summed E-state index contributed by atoms with van der Waals surface area (Å²) in [5, 5.41) is 28.3. The average Bonchev–Trinajstić information content (AvgIpc) is 3.32. The van der Waals surface area contributed by atoms with Gasteiger partial charge in [0.25, 0.3) is 0 Å². The van der Waals surface area contributed by atoms with Gasteiger partial charge in [0.2, 0.25) is 5.28 Å². The maximum atomic E-state index is 14.2. The molecule has 0 bridgehead atoms. The van der Waals surface area contributed by atoms with Gasteiger partial charge in [0.05, 0.1) is 18.0 Å². The van der Waals surface area contributed by atoms with E-state index in [1.165, 1.54) is 12.3 Å². The molecular formula is C19H23ClFN5O9P2. The predicted molar refractivity (Wildman–Crippen MR) is 127 cm³/mol. The first-order valence-corrected chi connectivity index (χ1v) is 14.6. The number of aliphatic hydroxyl groups is 2. The highest BCUT2D eigenvalue weighted by Crippen LogP contribution is 2.55. The van der Waals surface area contributed by atoms with Crippen molar-refractivity contribution in [3.63, 3.8) is 0 Å². The summed E-state index contributed by atoms with van der Waals surface area (Å²) in [5.41, 5.74) is 0.466. The molecule has 202 valence electrons. The van der Waals surface area contributed by atoms with Crippen LogP contribution in [0.2, 0.25) is 5.28 Å². The highest BCUT2D eigenvalue weighted by molar-refractivity contribution is 7.70. The zero-order valence-electron chi connectivity index (χ0n) is 19.0. The second-order valence-electron chi connectivity index (χ2n) is 8.36. The molecule has 18 heteroatoms. The molecule has 3 heterocycles. The smallest absolute Gasteiger partial charge is 0.340 e. The summed E-state index contributed by atoms with van der Waals surface area (Å²) in [6, 6.07) is 5.64. The van der Waals surface area contributed by atoms with E-state index in [-0.39, 0.29) is 16.7 Å². The maximum absolute atomic E-state index is 14.2. The number of nitrogens with zero attached hydrogens (tertiary/aromatic N) is 4. The van der Waals surface area contributed by atoms with Crippen LogP contribution in [0.1, 0.15) is 24.8 Å². The number of hydrogen-bond donors (Lipinski definition) is 6. The van der Waals surface area contributed by atoms with Gasteiger partial charge in [-0.25, -0.2) is 9.07 Å². The van der Waals surface area contributed by atoms with Crippen LogP contribution in [0.5, 0.6) is 0 Å². The first-order valence-electron chi connectivity index (χ1n) is 10.7. The Morgan fingerprint density at radius 3 is 2.59 bits per heavy atom. The Hall–Kier alpha value is -2.03. The van der Waals surface area contributed by atoms with Crippen LogP contribution in [-0.4, -0.2) is 75.5 Å². The summed E-state index contributed by atoms with van der Waals surface area (Å²) in [6.45, 7) is 0.962. The number of rotatable bonds is 9. The van der Waals surface area contributed by atoms with Crippen molar-refractivity contribution in [2.75, 3.05) is 17.8 Å². The van der Waals surface area contributed by atoms with Gasteiger partial charge < -0.3 is 39.5 Å². The van der Waals surface area contributed by atoms with Crippen LogP contribution >= 0.6 is 26.8 Å². The van der Waals surface area contributed by atoms with Crippen molar-refractivity contribution in [3.8, 4) is 0 Å². The van der Waals surface area contributed by atoms with Crippen molar-refractivity contribution in [2.45, 2.75) is 37.5 Å². The van der Waals surface area contributed by atoms with Gasteiger partial charge in [-0.15, -0.1) is 5.10 Å². The highest BCUT2D eigenvalue weighted by atomic mass is 35.5. The van der Waals surface area contributed by atoms with Crippen molar-refractivity contribution in [2.24, 2.45) is 0 Å². The SMILES string of the molecule is CC(Nc1nc(Cl)nc2nn(C3O[C@H](COP(=O)(O)CP(=O)(O)O)[C@@H](O)[C@H]3O)cc12)c1ccccc1F. The minimum absolute atomic E-state index is 0.0923. The fourth-order valence-electron chi connectivity index (χ4n) is 3.80. The van der Waals surface area contributed by atoms with Crippen molar-refractivity contribution in [3.05, 3.63) is 47.1 Å². The molecule has 1 aliphatic rings. The normalized spacial score (nSPS) is 24.8. The molecular weight excluding hydrogens is 559 g/mol. The molecule has 0 aliphatic carbocycles. The van der Waals surface area contributed by atoms with Crippen molar-refractivity contribution in [1.82, 2.24) is 19.7 Å². The lowest BCUT2D eigenvalue weighted by Crippen LogP contribution is -2.33. The van der Waals surface area contributed by atoms with E-state index in [1.54, 1.807) is 25.1 Å². The van der Waals surface area contributed by atoms with Crippen LogP contribution in [0.3, 0.4) is 0 Å². The summed E-state index contributed by atoms with van der Waals surface area (Å²) in [5.74, 6) is -1.63. The van der Waals surface area contributed by atoms with E-state index in [1.807, 2.05) is 0 Å². The number of halogens is 2. The summed E-state index contributed by atoms with van der Waals surface area (Å²) >= 11 is 6.03. The number of aliphatic hydroxyl groups excluding tert-OH is 2. The topological polar surface area (TPSA) is 209 Å². The molecule has 2 aromatic heterocycles. The first kappa shape index (κ1) is 28.0. The number of aromatic nitrogens is 4. The number of nitrogens with one attached hydrogen (secondary N) is 1. The van der Waals surface area contributed by atoms with Gasteiger partial charge in [0, 0.05) is 11.8 Å². The summed E-state index contributed by atoms with van der Waals surface area (Å²) in [6.07, 6.45) is -4.40. The van der Waals surface area contributed by atoms with Crippen LogP contribution in [0.25, 0.3) is 11.0 Å². The van der Waals surface area contributed by atoms with E-state index in [0.29, 0.717) is 10.9 Å². The van der Waals surface area contributed by atoms with Crippen LogP contribution in [-0.2, 0) is 18.4 Å². The summed E-state index contributed by atoms with van der Waals surface area (Å²) in [4.78, 5) is 35.6. The van der Waals surface area contributed by atoms with E-state index in [0.717, 1.165) is 4.68 Å². The monoisotopic (exact) mass is 581 g/mol. The van der Waals surface area contributed by atoms with Gasteiger partial charge in [0.15, 0.2) is 17.8 Å². The molecule has 0 saturated carbocycles. The number of fused-ring (bicyclic) bond motifs is 1. The van der Waals surface area contributed by atoms with Gasteiger partial charge in [0.1, 0.15) is 29.9 Å². The molecule has 0 amide bonds. The minimum Gasteiger partial charge on any atom is -0.387 e. The third-order valence-electron chi connectivity index (χ3n) is 5.50. The average molecular weight is 582 g/mol. The molecule has 1 saturated heterocycles. The van der Waals surface area contributed by atoms with Crippen LogP contribution < -0.4 is 5.32 Å². The maximum Gasteiger partial charge on any atom is 0.340 e. The van der Waals surface area contributed by atoms with E-state index in [2.05, 4.69) is 20.4 Å². The fraction of sp³-hybridized carbons (Fsp3) is 0.421. The molecule has 4 rings (SSSR count). The zero-order chi connectivity index (χ0) is 27.1. The third-order valence-corrected chi connectivity index (χ3v) is 9.12. The molecule has 1 aliphatic heterocycles. The van der Waals surface area contributed by atoms with Crippen LogP contribution in [0.15, 0.2) is 30.5 Å². The van der Waals surface area contributed by atoms with Crippen LogP contribution in [0, 0.1) is 5.82 Å². The van der Waals surface area contributed by atoms with Gasteiger partial charge >= 0.3 is 15.2 Å². The van der Waals surface area contributed by atoms with Gasteiger partial charge in [-0.05, 0) is 24.6 Å². The first-order chi connectivity index (χ1) is 17.2. The Kier molecular flexibility index (Phi) is 8.03. The molecule has 3 unspecified atom stereocenters. The van der Waals surface area contributed by atoms with Gasteiger partial charge in [-0.1, -0.05) is 18.2 Å². The van der Waals surface area contributed by atoms with Crippen molar-refractivity contribution < 1.29 is 47.7 Å². The number of ether oxygens (including phenoxy) is 1. The van der Waals surface area contributed by atoms with E-state index < -0.39 is 64.1 Å². The van der Waals surface area contributed by atoms with E-state index >= 15 is 0 Å². The quantitative estimate of drug-likeness (QED) is 0.157. The Morgan fingerprint density at radius 1 is 1.22 bits per heavy atom. The third kappa shape index (κ3) is 6.52. The fourth-order valence-corrected chi connectivity index (χ4v) is 6.53. The van der Waals surface area contributed by atoms with Gasteiger partial charge in [-0.3, -0.25) is 9.13 Å². The molecule has 14 nitrogen and oxygen atoms in total. The Labute approximate surface area is 213 Å². The molecule has 0 radical (unpaired) electrons. The summed E-state index contributed by atoms with van der Waals surface area (Å²) < 4.78 is 48.5. The largest absolute Gasteiger partial charge is 0.387 e.